The van der Waals surface area contributed by atoms with E-state index in [4.69, 9.17) is 21.8 Å². The Kier molecular flexibility index (Phi) is 2.60. The second kappa shape index (κ2) is 4.00. The summed E-state index contributed by atoms with van der Waals surface area (Å²) in [5.74, 6) is 0.787. The van der Waals surface area contributed by atoms with Gasteiger partial charge in [-0.3, -0.25) is 0 Å². The summed E-state index contributed by atoms with van der Waals surface area (Å²) in [4.78, 5) is 4.57. The van der Waals surface area contributed by atoms with Gasteiger partial charge in [0.1, 0.15) is 5.52 Å². The molecule has 0 bridgehead atoms. The van der Waals surface area contributed by atoms with Gasteiger partial charge in [0, 0.05) is 11.6 Å². The number of fused-ring (bicyclic) bond motifs is 1. The third-order valence-electron chi connectivity index (χ3n) is 3.75. The number of hydrogen-bond acceptors (Lipinski definition) is 3. The summed E-state index contributed by atoms with van der Waals surface area (Å²) in [7, 11) is 0. The van der Waals surface area contributed by atoms with Gasteiger partial charge in [0.05, 0.1) is 5.41 Å². The predicted octanol–water partition coefficient (Wildman–Crippen LogP) is 3.25. The zero-order valence-corrected chi connectivity index (χ0v) is 10.3. The van der Waals surface area contributed by atoms with E-state index in [-0.39, 0.29) is 5.41 Å². The van der Waals surface area contributed by atoms with Gasteiger partial charge in [0.25, 0.3) is 0 Å². The fourth-order valence-electron chi connectivity index (χ4n) is 2.68. The number of benzene rings is 1. The maximum atomic E-state index is 5.95. The molecule has 2 N–H and O–H groups in total. The van der Waals surface area contributed by atoms with Crippen LogP contribution < -0.4 is 5.73 Å². The molecule has 4 heteroatoms. The summed E-state index contributed by atoms with van der Waals surface area (Å²) in [5, 5.41) is 0.686. The van der Waals surface area contributed by atoms with Gasteiger partial charge in [-0.25, -0.2) is 4.98 Å². The Morgan fingerprint density at radius 3 is 2.82 bits per heavy atom. The van der Waals surface area contributed by atoms with E-state index in [1.807, 2.05) is 18.2 Å². The van der Waals surface area contributed by atoms with Gasteiger partial charge in [-0.05, 0) is 31.0 Å². The Labute approximate surface area is 105 Å². The SMILES string of the molecule is NCC1(c2nc3cc(Cl)ccc3o2)CCCC1. The van der Waals surface area contributed by atoms with E-state index >= 15 is 0 Å². The molecule has 0 unspecified atom stereocenters. The van der Waals surface area contributed by atoms with Crippen molar-refractivity contribution in [3.8, 4) is 0 Å². The van der Waals surface area contributed by atoms with Crippen LogP contribution >= 0.6 is 11.6 Å². The van der Waals surface area contributed by atoms with Crippen molar-refractivity contribution in [1.29, 1.82) is 0 Å². The van der Waals surface area contributed by atoms with Crippen molar-refractivity contribution in [2.24, 2.45) is 5.73 Å². The molecule has 0 spiro atoms. The number of nitrogens with zero attached hydrogens (tertiary/aromatic N) is 1. The summed E-state index contributed by atoms with van der Waals surface area (Å²) in [5.41, 5.74) is 7.50. The molecule has 0 amide bonds. The number of rotatable bonds is 2. The van der Waals surface area contributed by atoms with Gasteiger partial charge in [-0.15, -0.1) is 0 Å². The van der Waals surface area contributed by atoms with Crippen molar-refractivity contribution >= 4 is 22.7 Å². The highest BCUT2D eigenvalue weighted by Crippen LogP contribution is 2.40. The molecule has 2 aromatic rings. The van der Waals surface area contributed by atoms with Crippen LogP contribution in [-0.2, 0) is 5.41 Å². The highest BCUT2D eigenvalue weighted by molar-refractivity contribution is 6.31. The number of halogens is 1. The molecule has 1 heterocycles. The van der Waals surface area contributed by atoms with Crippen molar-refractivity contribution < 1.29 is 4.42 Å². The Morgan fingerprint density at radius 1 is 1.35 bits per heavy atom. The molecule has 0 radical (unpaired) electrons. The van der Waals surface area contributed by atoms with Gasteiger partial charge in [-0.1, -0.05) is 24.4 Å². The molecule has 1 aliphatic rings. The second-order valence-corrected chi connectivity index (χ2v) is 5.26. The standard InChI is InChI=1S/C13H15ClN2O/c14-9-3-4-11-10(7-9)16-12(17-11)13(8-15)5-1-2-6-13/h3-4,7H,1-2,5-6,8,15H2. The maximum absolute atomic E-state index is 5.95. The highest BCUT2D eigenvalue weighted by atomic mass is 35.5. The largest absolute Gasteiger partial charge is 0.440 e. The van der Waals surface area contributed by atoms with Crippen LogP contribution in [0.1, 0.15) is 31.6 Å². The zero-order valence-electron chi connectivity index (χ0n) is 9.58. The molecule has 3 rings (SSSR count). The lowest BCUT2D eigenvalue weighted by Crippen LogP contribution is -2.32. The average Bonchev–Trinajstić information content (AvgIpc) is 2.94. The second-order valence-electron chi connectivity index (χ2n) is 4.82. The van der Waals surface area contributed by atoms with Crippen LogP contribution in [0, 0.1) is 0 Å². The zero-order chi connectivity index (χ0) is 11.9. The van der Waals surface area contributed by atoms with Crippen molar-refractivity contribution in [2.45, 2.75) is 31.1 Å². The lowest BCUT2D eigenvalue weighted by atomic mass is 9.86. The van der Waals surface area contributed by atoms with Crippen LogP contribution in [0.2, 0.25) is 5.02 Å². The van der Waals surface area contributed by atoms with E-state index in [0.717, 1.165) is 29.8 Å². The van der Waals surface area contributed by atoms with Gasteiger partial charge in [-0.2, -0.15) is 0 Å². The van der Waals surface area contributed by atoms with Gasteiger partial charge >= 0.3 is 0 Å². The number of aromatic nitrogens is 1. The maximum Gasteiger partial charge on any atom is 0.202 e. The molecule has 0 atom stereocenters. The number of hydrogen-bond donors (Lipinski definition) is 1. The van der Waals surface area contributed by atoms with Crippen molar-refractivity contribution in [2.75, 3.05) is 6.54 Å². The fraction of sp³-hybridized carbons (Fsp3) is 0.462. The van der Waals surface area contributed by atoms with Crippen LogP contribution in [0.25, 0.3) is 11.1 Å². The Bertz CT molecular complexity index is 543. The third kappa shape index (κ3) is 1.74. The first kappa shape index (κ1) is 11.1. The first-order chi connectivity index (χ1) is 8.23. The molecule has 17 heavy (non-hydrogen) atoms. The van der Waals surface area contributed by atoms with E-state index in [1.54, 1.807) is 0 Å². The van der Waals surface area contributed by atoms with E-state index in [9.17, 15) is 0 Å². The molecule has 0 aliphatic heterocycles. The molecular weight excluding hydrogens is 236 g/mol. The van der Waals surface area contributed by atoms with Crippen LogP contribution in [-0.4, -0.2) is 11.5 Å². The molecule has 1 aliphatic carbocycles. The van der Waals surface area contributed by atoms with E-state index in [2.05, 4.69) is 4.98 Å². The lowest BCUT2D eigenvalue weighted by molar-refractivity contribution is 0.344. The molecule has 1 aromatic carbocycles. The minimum Gasteiger partial charge on any atom is -0.440 e. The first-order valence-corrected chi connectivity index (χ1v) is 6.38. The predicted molar refractivity (Wildman–Crippen MR) is 68.2 cm³/mol. The van der Waals surface area contributed by atoms with E-state index in [1.165, 1.54) is 12.8 Å². The summed E-state index contributed by atoms with van der Waals surface area (Å²) in [6.45, 7) is 0.605. The normalized spacial score (nSPS) is 18.9. The molecule has 1 aromatic heterocycles. The summed E-state index contributed by atoms with van der Waals surface area (Å²) in [6, 6.07) is 5.53. The average molecular weight is 251 g/mol. The monoisotopic (exact) mass is 250 g/mol. The fourth-order valence-corrected chi connectivity index (χ4v) is 2.85. The number of nitrogens with two attached hydrogens (primary N) is 1. The van der Waals surface area contributed by atoms with Gasteiger partial charge in [0.15, 0.2) is 5.58 Å². The number of oxazole rings is 1. The molecule has 3 nitrogen and oxygen atoms in total. The lowest BCUT2D eigenvalue weighted by Gasteiger charge is -2.22. The van der Waals surface area contributed by atoms with Crippen molar-refractivity contribution in [3.63, 3.8) is 0 Å². The van der Waals surface area contributed by atoms with Gasteiger partial charge in [0.2, 0.25) is 5.89 Å². The molecular formula is C13H15ClN2O. The van der Waals surface area contributed by atoms with Crippen LogP contribution in [0.15, 0.2) is 22.6 Å². The molecule has 1 saturated carbocycles. The Hall–Kier alpha value is -1.06. The van der Waals surface area contributed by atoms with Crippen molar-refractivity contribution in [1.82, 2.24) is 4.98 Å². The topological polar surface area (TPSA) is 52.0 Å². The van der Waals surface area contributed by atoms with Crippen LogP contribution in [0.5, 0.6) is 0 Å². The minimum absolute atomic E-state index is 0.0501. The summed E-state index contributed by atoms with van der Waals surface area (Å²) >= 11 is 5.95. The molecule has 1 fully saturated rings. The molecule has 0 saturated heterocycles. The van der Waals surface area contributed by atoms with E-state index < -0.39 is 0 Å². The summed E-state index contributed by atoms with van der Waals surface area (Å²) in [6.07, 6.45) is 4.56. The van der Waals surface area contributed by atoms with Crippen LogP contribution in [0.4, 0.5) is 0 Å². The highest BCUT2D eigenvalue weighted by Gasteiger charge is 2.38. The quantitative estimate of drug-likeness (QED) is 0.890. The molecule has 90 valence electrons. The van der Waals surface area contributed by atoms with E-state index in [0.29, 0.717) is 11.6 Å². The van der Waals surface area contributed by atoms with Crippen molar-refractivity contribution in [3.05, 3.63) is 29.1 Å². The van der Waals surface area contributed by atoms with Crippen LogP contribution in [0.3, 0.4) is 0 Å². The smallest absolute Gasteiger partial charge is 0.202 e. The minimum atomic E-state index is -0.0501. The Balaban J connectivity index is 2.11. The third-order valence-corrected chi connectivity index (χ3v) is 3.99. The first-order valence-electron chi connectivity index (χ1n) is 6.00. The Morgan fingerprint density at radius 2 is 2.12 bits per heavy atom. The summed E-state index contributed by atoms with van der Waals surface area (Å²) < 4.78 is 5.85. The van der Waals surface area contributed by atoms with Gasteiger partial charge < -0.3 is 10.2 Å².